The largest absolute Gasteiger partial charge is 0.497 e. The minimum Gasteiger partial charge on any atom is -0.497 e. The van der Waals surface area contributed by atoms with Crippen LogP contribution in [0.1, 0.15) is 41.2 Å². The summed E-state index contributed by atoms with van der Waals surface area (Å²) >= 11 is 0. The van der Waals surface area contributed by atoms with Gasteiger partial charge in [0.05, 0.1) is 17.6 Å². The molecule has 1 aliphatic rings. The van der Waals surface area contributed by atoms with E-state index in [2.05, 4.69) is 20.4 Å². The van der Waals surface area contributed by atoms with Gasteiger partial charge in [-0.3, -0.25) is 4.79 Å². The standard InChI is InChI=1S/C25H28F3N5O5S/c1-15-10-19(37-3)11-16(2)24(15)39(35,36)14-20-31-23(38-32-20)12-22(34)30-18-6-8-33(9-7-18)21-5-4-17(13-29-21)25(26,27)28/h4-5,10-11,13,18H,6-9,12,14H2,1-3H3,(H,30,34). The molecule has 4 rings (SSSR count). The van der Waals surface area contributed by atoms with Gasteiger partial charge in [0.1, 0.15) is 23.7 Å². The maximum absolute atomic E-state index is 13.0. The van der Waals surface area contributed by atoms with Gasteiger partial charge in [-0.15, -0.1) is 0 Å². The lowest BCUT2D eigenvalue weighted by atomic mass is 10.0. The Bertz CT molecular complexity index is 1410. The lowest BCUT2D eigenvalue weighted by Crippen LogP contribution is -2.45. The van der Waals surface area contributed by atoms with Gasteiger partial charge in [-0.2, -0.15) is 18.2 Å². The fourth-order valence-electron chi connectivity index (χ4n) is 4.59. The second kappa shape index (κ2) is 11.2. The lowest BCUT2D eigenvalue weighted by Gasteiger charge is -2.33. The lowest BCUT2D eigenvalue weighted by molar-refractivity contribution is -0.137. The summed E-state index contributed by atoms with van der Waals surface area (Å²) in [4.78, 5) is 22.6. The molecule has 2 aromatic heterocycles. The number of aryl methyl sites for hydroxylation is 2. The Morgan fingerprint density at radius 1 is 1.18 bits per heavy atom. The van der Waals surface area contributed by atoms with Crippen LogP contribution in [0.3, 0.4) is 0 Å². The summed E-state index contributed by atoms with van der Waals surface area (Å²) in [5.74, 6) is 0.0979. The number of nitrogens with one attached hydrogen (secondary N) is 1. The number of nitrogens with zero attached hydrogens (tertiary/aromatic N) is 4. The van der Waals surface area contributed by atoms with E-state index in [9.17, 15) is 26.4 Å². The fourth-order valence-corrected chi connectivity index (χ4v) is 6.29. The number of piperidine rings is 1. The zero-order valence-electron chi connectivity index (χ0n) is 21.6. The molecule has 1 aromatic carbocycles. The van der Waals surface area contributed by atoms with Crippen LogP contribution in [0.25, 0.3) is 0 Å². The first-order chi connectivity index (χ1) is 18.4. The zero-order valence-corrected chi connectivity index (χ0v) is 22.4. The predicted octanol–water partition coefficient (Wildman–Crippen LogP) is 3.41. The Labute approximate surface area is 223 Å². The molecule has 1 aliphatic heterocycles. The van der Waals surface area contributed by atoms with Crippen molar-refractivity contribution in [3.8, 4) is 5.75 Å². The molecule has 0 bridgehead atoms. The third kappa shape index (κ3) is 6.85. The van der Waals surface area contributed by atoms with Gasteiger partial charge in [0.15, 0.2) is 15.7 Å². The van der Waals surface area contributed by atoms with Crippen LogP contribution in [0.15, 0.2) is 39.9 Å². The zero-order chi connectivity index (χ0) is 28.4. The van der Waals surface area contributed by atoms with Crippen molar-refractivity contribution in [1.29, 1.82) is 0 Å². The number of halogens is 3. The number of ether oxygens (including phenoxy) is 1. The maximum atomic E-state index is 13.0. The molecule has 0 aliphatic carbocycles. The van der Waals surface area contributed by atoms with Crippen molar-refractivity contribution in [3.05, 3.63) is 58.9 Å². The summed E-state index contributed by atoms with van der Waals surface area (Å²) in [6.45, 7) is 4.38. The quantitative estimate of drug-likeness (QED) is 0.436. The first-order valence-electron chi connectivity index (χ1n) is 12.1. The van der Waals surface area contributed by atoms with Crippen LogP contribution in [0.2, 0.25) is 0 Å². The predicted molar refractivity (Wildman–Crippen MR) is 134 cm³/mol. The number of aromatic nitrogens is 3. The van der Waals surface area contributed by atoms with Crippen molar-refractivity contribution in [1.82, 2.24) is 20.4 Å². The van der Waals surface area contributed by atoms with Crippen LogP contribution in [0.4, 0.5) is 19.0 Å². The second-order valence-corrected chi connectivity index (χ2v) is 11.3. The van der Waals surface area contributed by atoms with Gasteiger partial charge in [0, 0.05) is 25.3 Å². The number of sulfone groups is 1. The number of benzene rings is 1. The van der Waals surface area contributed by atoms with Crippen molar-refractivity contribution >= 4 is 21.6 Å². The van der Waals surface area contributed by atoms with Crippen LogP contribution < -0.4 is 15.0 Å². The van der Waals surface area contributed by atoms with Crippen molar-refractivity contribution in [2.45, 2.75) is 56.0 Å². The summed E-state index contributed by atoms with van der Waals surface area (Å²) in [5.41, 5.74) is 0.270. The van der Waals surface area contributed by atoms with Gasteiger partial charge < -0.3 is 19.5 Å². The summed E-state index contributed by atoms with van der Waals surface area (Å²) < 4.78 is 74.6. The number of methoxy groups -OCH3 is 1. The fraction of sp³-hybridized carbons (Fsp3) is 0.440. The monoisotopic (exact) mass is 567 g/mol. The third-order valence-corrected chi connectivity index (χ3v) is 8.29. The highest BCUT2D eigenvalue weighted by atomic mass is 32.2. The highest BCUT2D eigenvalue weighted by molar-refractivity contribution is 7.90. The number of hydrogen-bond acceptors (Lipinski definition) is 9. The van der Waals surface area contributed by atoms with E-state index in [4.69, 9.17) is 9.26 Å². The topological polar surface area (TPSA) is 128 Å². The summed E-state index contributed by atoms with van der Waals surface area (Å²) in [6.07, 6.45) is -2.70. The number of amides is 1. The van der Waals surface area contributed by atoms with E-state index in [1.165, 1.54) is 13.2 Å². The first kappa shape index (κ1) is 28.3. The Morgan fingerprint density at radius 3 is 2.41 bits per heavy atom. The van der Waals surface area contributed by atoms with E-state index in [1.54, 1.807) is 26.0 Å². The van der Waals surface area contributed by atoms with E-state index in [0.29, 0.717) is 48.6 Å². The number of alkyl halides is 3. The van der Waals surface area contributed by atoms with Crippen LogP contribution >= 0.6 is 0 Å². The van der Waals surface area contributed by atoms with E-state index >= 15 is 0 Å². The summed E-state index contributed by atoms with van der Waals surface area (Å²) in [6, 6.07) is 5.46. The first-order valence-corrected chi connectivity index (χ1v) is 13.8. The highest BCUT2D eigenvalue weighted by Crippen LogP contribution is 2.30. The van der Waals surface area contributed by atoms with Gasteiger partial charge in [0.2, 0.25) is 11.8 Å². The van der Waals surface area contributed by atoms with Gasteiger partial charge in [-0.05, 0) is 62.1 Å². The Hall–Kier alpha value is -3.68. The van der Waals surface area contributed by atoms with Gasteiger partial charge in [0.25, 0.3) is 0 Å². The van der Waals surface area contributed by atoms with Crippen LogP contribution in [0, 0.1) is 13.8 Å². The van der Waals surface area contributed by atoms with Gasteiger partial charge in [-0.25, -0.2) is 13.4 Å². The van der Waals surface area contributed by atoms with Crippen molar-refractivity contribution in [3.63, 3.8) is 0 Å². The van der Waals surface area contributed by atoms with Crippen LogP contribution in [0.5, 0.6) is 5.75 Å². The molecule has 1 N–H and O–H groups in total. The van der Waals surface area contributed by atoms with E-state index < -0.39 is 27.3 Å². The molecule has 1 fully saturated rings. The molecule has 39 heavy (non-hydrogen) atoms. The molecule has 210 valence electrons. The van der Waals surface area contributed by atoms with Crippen LogP contribution in [-0.4, -0.2) is 55.7 Å². The van der Waals surface area contributed by atoms with Crippen molar-refractivity contribution in [2.75, 3.05) is 25.1 Å². The van der Waals surface area contributed by atoms with E-state index in [1.807, 2.05) is 4.90 Å². The maximum Gasteiger partial charge on any atom is 0.417 e. The molecule has 0 spiro atoms. The number of carbonyl (C=O) groups is 1. The van der Waals surface area contributed by atoms with Crippen molar-refractivity contribution < 1.29 is 35.6 Å². The Morgan fingerprint density at radius 2 is 1.85 bits per heavy atom. The minimum atomic E-state index is -4.44. The van der Waals surface area contributed by atoms with Crippen molar-refractivity contribution in [2.24, 2.45) is 0 Å². The highest BCUT2D eigenvalue weighted by Gasteiger charge is 2.31. The summed E-state index contributed by atoms with van der Waals surface area (Å²) in [7, 11) is -2.28. The molecule has 0 saturated carbocycles. The van der Waals surface area contributed by atoms with E-state index in [0.717, 1.165) is 12.3 Å². The molecule has 3 heterocycles. The Kier molecular flexibility index (Phi) is 8.14. The second-order valence-electron chi connectivity index (χ2n) is 9.36. The Balaban J connectivity index is 1.29. The van der Waals surface area contributed by atoms with Gasteiger partial charge in [-0.1, -0.05) is 5.16 Å². The molecule has 3 aromatic rings. The molecule has 1 saturated heterocycles. The normalized spacial score (nSPS) is 14.9. The number of anilines is 1. The minimum absolute atomic E-state index is 0.00716. The molecule has 0 radical (unpaired) electrons. The average molecular weight is 568 g/mol. The smallest absolute Gasteiger partial charge is 0.417 e. The van der Waals surface area contributed by atoms with Gasteiger partial charge >= 0.3 is 6.18 Å². The average Bonchev–Trinajstić information content (AvgIpc) is 3.28. The number of carbonyl (C=O) groups excluding carboxylic acids is 1. The number of pyridine rings is 1. The molecule has 1 amide bonds. The summed E-state index contributed by atoms with van der Waals surface area (Å²) in [5, 5.41) is 6.62. The van der Waals surface area contributed by atoms with E-state index in [-0.39, 0.29) is 35.0 Å². The molecular weight excluding hydrogens is 539 g/mol. The van der Waals surface area contributed by atoms with Crippen LogP contribution in [-0.2, 0) is 33.0 Å². The molecule has 10 nitrogen and oxygen atoms in total. The molecule has 0 unspecified atom stereocenters. The third-order valence-electron chi connectivity index (χ3n) is 6.38. The number of hydrogen-bond donors (Lipinski definition) is 1. The SMILES string of the molecule is COc1cc(C)c(S(=O)(=O)Cc2noc(CC(=O)NC3CCN(c4ccc(C(F)(F)F)cn4)CC3)n2)c(C)c1. The molecule has 14 heteroatoms. The molecule has 0 atom stereocenters. The molecular formula is C25H28F3N5O5S. The number of rotatable bonds is 8.